The van der Waals surface area contributed by atoms with Crippen molar-refractivity contribution in [2.45, 2.75) is 0 Å². The van der Waals surface area contributed by atoms with Crippen LogP contribution in [-0.4, -0.2) is 54.2 Å². The van der Waals surface area contributed by atoms with Gasteiger partial charge in [-0.15, -0.1) is 5.10 Å². The Balaban J connectivity index is 1.62. The van der Waals surface area contributed by atoms with E-state index in [4.69, 9.17) is 15.3 Å². The molecule has 0 bridgehead atoms. The van der Waals surface area contributed by atoms with E-state index in [0.717, 1.165) is 43.8 Å². The molecule has 2 aromatic rings. The third-order valence-electron chi connectivity index (χ3n) is 3.33. The number of nitrogens with zero attached hydrogens (tertiary/aromatic N) is 3. The molecule has 1 aliphatic heterocycles. The zero-order valence-corrected chi connectivity index (χ0v) is 10.8. The molecule has 0 atom stereocenters. The highest BCUT2D eigenvalue weighted by Crippen LogP contribution is 2.22. The molecule has 0 spiro atoms. The molecule has 1 aliphatic rings. The van der Waals surface area contributed by atoms with E-state index in [1.54, 1.807) is 0 Å². The summed E-state index contributed by atoms with van der Waals surface area (Å²) in [5, 5.41) is 5.15. The van der Waals surface area contributed by atoms with Crippen molar-refractivity contribution in [3.05, 3.63) is 24.3 Å². The van der Waals surface area contributed by atoms with E-state index in [0.29, 0.717) is 12.5 Å². The van der Waals surface area contributed by atoms with Crippen molar-refractivity contribution >= 4 is 10.9 Å². The largest absolute Gasteiger partial charge is 0.475 e. The van der Waals surface area contributed by atoms with Crippen LogP contribution in [0.15, 0.2) is 24.3 Å². The van der Waals surface area contributed by atoms with Crippen molar-refractivity contribution in [1.29, 1.82) is 0 Å². The topological polar surface area (TPSA) is 65.5 Å². The first-order valence-electron chi connectivity index (χ1n) is 6.50. The monoisotopic (exact) mass is 262 g/mol. The van der Waals surface area contributed by atoms with Gasteiger partial charge in [-0.25, -0.2) is 0 Å². The van der Waals surface area contributed by atoms with E-state index in [2.05, 4.69) is 10.00 Å². The van der Waals surface area contributed by atoms with Crippen LogP contribution >= 0.6 is 0 Å². The summed E-state index contributed by atoms with van der Waals surface area (Å²) in [6.45, 7) is 5.04. The number of aromatic nitrogens is 2. The zero-order chi connectivity index (χ0) is 13.1. The normalized spacial score (nSPS) is 16.8. The Morgan fingerprint density at radius 1 is 1.26 bits per heavy atom. The summed E-state index contributed by atoms with van der Waals surface area (Å²) in [6.07, 6.45) is 0. The minimum absolute atomic E-state index is 0.603. The van der Waals surface area contributed by atoms with Crippen LogP contribution in [0.2, 0.25) is 0 Å². The molecule has 2 N–H and O–H groups in total. The number of morpholine rings is 1. The van der Waals surface area contributed by atoms with Crippen molar-refractivity contribution in [2.24, 2.45) is 0 Å². The second-order valence-electron chi connectivity index (χ2n) is 4.57. The average Bonchev–Trinajstić information content (AvgIpc) is 2.78. The summed E-state index contributed by atoms with van der Waals surface area (Å²) in [7, 11) is 0. The molecule has 1 fully saturated rings. The van der Waals surface area contributed by atoms with Gasteiger partial charge >= 0.3 is 0 Å². The van der Waals surface area contributed by atoms with Gasteiger partial charge in [0.1, 0.15) is 6.61 Å². The molecule has 0 unspecified atom stereocenters. The predicted molar refractivity (Wildman–Crippen MR) is 72.6 cm³/mol. The summed E-state index contributed by atoms with van der Waals surface area (Å²) in [5.41, 5.74) is 0.879. The Morgan fingerprint density at radius 2 is 2.05 bits per heavy atom. The first-order chi connectivity index (χ1) is 9.34. The molecule has 1 saturated heterocycles. The number of hydrogen-bond donors (Lipinski definition) is 1. The first kappa shape index (κ1) is 12.3. The van der Waals surface area contributed by atoms with Gasteiger partial charge in [0.2, 0.25) is 5.88 Å². The van der Waals surface area contributed by atoms with Crippen molar-refractivity contribution < 1.29 is 9.47 Å². The lowest BCUT2D eigenvalue weighted by molar-refractivity contribution is 0.0320. The van der Waals surface area contributed by atoms with Crippen LogP contribution in [0, 0.1) is 0 Å². The van der Waals surface area contributed by atoms with Gasteiger partial charge < -0.3 is 15.3 Å². The fraction of sp³-hybridized carbons (Fsp3) is 0.462. The SMILES string of the molecule is Nn1nc(OCCN2CCOCC2)c2ccccc21. The second kappa shape index (κ2) is 5.46. The minimum Gasteiger partial charge on any atom is -0.475 e. The van der Waals surface area contributed by atoms with Gasteiger partial charge in [0.25, 0.3) is 0 Å². The molecule has 1 aromatic heterocycles. The lowest BCUT2D eigenvalue weighted by Crippen LogP contribution is -2.38. The molecular formula is C13H18N4O2. The number of nitrogen functional groups attached to an aromatic ring is 1. The maximum atomic E-state index is 5.79. The quantitative estimate of drug-likeness (QED) is 0.811. The number of nitrogens with two attached hydrogens (primary N) is 1. The fourth-order valence-electron chi connectivity index (χ4n) is 2.26. The van der Waals surface area contributed by atoms with Crippen LogP contribution in [-0.2, 0) is 4.74 Å². The molecule has 0 radical (unpaired) electrons. The van der Waals surface area contributed by atoms with Crippen LogP contribution < -0.4 is 10.6 Å². The number of fused-ring (bicyclic) bond motifs is 1. The third-order valence-corrected chi connectivity index (χ3v) is 3.33. The van der Waals surface area contributed by atoms with Gasteiger partial charge in [-0.1, -0.05) is 12.1 Å². The van der Waals surface area contributed by atoms with Crippen LogP contribution in [0.4, 0.5) is 0 Å². The van der Waals surface area contributed by atoms with Crippen LogP contribution in [0.5, 0.6) is 5.88 Å². The van der Waals surface area contributed by atoms with E-state index >= 15 is 0 Å². The standard InChI is InChI=1S/C13H18N4O2/c14-17-12-4-2-1-3-11(12)13(15-17)19-10-7-16-5-8-18-9-6-16/h1-4H,5-10,14H2. The van der Waals surface area contributed by atoms with Crippen LogP contribution in [0.25, 0.3) is 10.9 Å². The van der Waals surface area contributed by atoms with Crippen molar-refractivity contribution in [3.63, 3.8) is 0 Å². The summed E-state index contributed by atoms with van der Waals surface area (Å²) in [4.78, 5) is 3.69. The van der Waals surface area contributed by atoms with Gasteiger partial charge in [-0.2, -0.15) is 4.79 Å². The van der Waals surface area contributed by atoms with Gasteiger partial charge in [0, 0.05) is 19.6 Å². The molecule has 3 rings (SSSR count). The number of para-hydroxylation sites is 1. The molecule has 102 valence electrons. The van der Waals surface area contributed by atoms with E-state index < -0.39 is 0 Å². The fourth-order valence-corrected chi connectivity index (χ4v) is 2.26. The molecule has 0 saturated carbocycles. The van der Waals surface area contributed by atoms with Gasteiger partial charge in [-0.3, -0.25) is 4.90 Å². The van der Waals surface area contributed by atoms with E-state index in [1.807, 2.05) is 24.3 Å². The molecule has 2 heterocycles. The highest BCUT2D eigenvalue weighted by molar-refractivity contribution is 5.84. The average molecular weight is 262 g/mol. The smallest absolute Gasteiger partial charge is 0.242 e. The second-order valence-corrected chi connectivity index (χ2v) is 4.57. The van der Waals surface area contributed by atoms with Crippen LogP contribution in [0.3, 0.4) is 0 Å². The predicted octanol–water partition coefficient (Wildman–Crippen LogP) is 0.461. The molecule has 6 heteroatoms. The highest BCUT2D eigenvalue weighted by atomic mass is 16.5. The molecule has 0 aliphatic carbocycles. The molecule has 0 amide bonds. The van der Waals surface area contributed by atoms with Crippen molar-refractivity contribution in [1.82, 2.24) is 14.8 Å². The maximum Gasteiger partial charge on any atom is 0.242 e. The third kappa shape index (κ3) is 2.64. The van der Waals surface area contributed by atoms with E-state index in [1.165, 1.54) is 4.79 Å². The van der Waals surface area contributed by atoms with Crippen LogP contribution in [0.1, 0.15) is 0 Å². The Morgan fingerprint density at radius 3 is 2.89 bits per heavy atom. The Bertz CT molecular complexity index is 549. The highest BCUT2D eigenvalue weighted by Gasteiger charge is 2.12. The zero-order valence-electron chi connectivity index (χ0n) is 10.8. The number of rotatable bonds is 4. The summed E-state index contributed by atoms with van der Waals surface area (Å²) < 4.78 is 11.1. The lowest BCUT2D eigenvalue weighted by atomic mass is 10.2. The first-order valence-corrected chi connectivity index (χ1v) is 6.50. The van der Waals surface area contributed by atoms with E-state index in [-0.39, 0.29) is 0 Å². The van der Waals surface area contributed by atoms with E-state index in [9.17, 15) is 0 Å². The number of benzene rings is 1. The van der Waals surface area contributed by atoms with Gasteiger partial charge in [0.15, 0.2) is 0 Å². The molecule has 1 aromatic carbocycles. The summed E-state index contributed by atoms with van der Waals surface area (Å²) in [5.74, 6) is 6.39. The number of hydrogen-bond acceptors (Lipinski definition) is 5. The Labute approximate surface area is 111 Å². The Kier molecular flexibility index (Phi) is 3.52. The van der Waals surface area contributed by atoms with Crippen molar-refractivity contribution in [3.8, 4) is 5.88 Å². The van der Waals surface area contributed by atoms with Gasteiger partial charge in [0.05, 0.1) is 24.1 Å². The minimum atomic E-state index is 0.603. The maximum absolute atomic E-state index is 5.79. The molecule has 6 nitrogen and oxygen atoms in total. The summed E-state index contributed by atoms with van der Waals surface area (Å²) in [6, 6.07) is 7.79. The molecule has 19 heavy (non-hydrogen) atoms. The lowest BCUT2D eigenvalue weighted by Gasteiger charge is -2.26. The molecular weight excluding hydrogens is 244 g/mol. The van der Waals surface area contributed by atoms with Crippen molar-refractivity contribution in [2.75, 3.05) is 45.3 Å². The number of ether oxygens (including phenoxy) is 2. The van der Waals surface area contributed by atoms with Gasteiger partial charge in [-0.05, 0) is 12.1 Å². The Hall–Kier alpha value is -1.79. The summed E-state index contributed by atoms with van der Waals surface area (Å²) >= 11 is 0.